The molecular weight excluding hydrogens is 742 g/mol. The summed E-state index contributed by atoms with van der Waals surface area (Å²) >= 11 is 0. The Kier molecular flexibility index (Phi) is 15.7. The molecule has 0 aliphatic heterocycles. The summed E-state index contributed by atoms with van der Waals surface area (Å²) in [5, 5.41) is 39.6. The third-order valence-electron chi connectivity index (χ3n) is 9.06. The van der Waals surface area contributed by atoms with Crippen molar-refractivity contribution in [1.82, 2.24) is 19.8 Å². The zero-order valence-corrected chi connectivity index (χ0v) is 34.1. The summed E-state index contributed by atoms with van der Waals surface area (Å²) in [6, 6.07) is 16.6. The van der Waals surface area contributed by atoms with Crippen LogP contribution in [-0.4, -0.2) is 94.5 Å². The van der Waals surface area contributed by atoms with E-state index in [4.69, 9.17) is 5.21 Å². The monoisotopic (exact) mass is 797 g/mol. The number of sulfonamides is 1. The van der Waals surface area contributed by atoms with Crippen molar-refractivity contribution in [2.75, 3.05) is 13.1 Å². The minimum atomic E-state index is -4.15. The van der Waals surface area contributed by atoms with Crippen LogP contribution in [0.3, 0.4) is 0 Å². The summed E-state index contributed by atoms with van der Waals surface area (Å²) in [5.74, 6) is -2.13. The van der Waals surface area contributed by atoms with Gasteiger partial charge in [-0.2, -0.15) is 4.31 Å². The summed E-state index contributed by atoms with van der Waals surface area (Å²) in [6.07, 6.45) is -1.58. The van der Waals surface area contributed by atoms with Crippen molar-refractivity contribution in [1.29, 1.82) is 0 Å². The Morgan fingerprint density at radius 3 is 1.96 bits per heavy atom. The highest BCUT2D eigenvalue weighted by atomic mass is 32.2. The van der Waals surface area contributed by atoms with E-state index >= 15 is 0 Å². The molecule has 5 N–H and O–H groups in total. The highest BCUT2D eigenvalue weighted by Gasteiger charge is 2.43. The third-order valence-corrected chi connectivity index (χ3v) is 10.9. The van der Waals surface area contributed by atoms with Gasteiger partial charge in [0.1, 0.15) is 17.9 Å². The van der Waals surface area contributed by atoms with Gasteiger partial charge in [-0.15, -0.1) is 0 Å². The van der Waals surface area contributed by atoms with E-state index in [1.54, 1.807) is 59.7 Å². The minimum absolute atomic E-state index is 0.0409. The van der Waals surface area contributed by atoms with Crippen molar-refractivity contribution >= 4 is 34.1 Å². The fraction of sp³-hybridized carbons (Fsp3) is 0.463. The number of nitrogens with one attached hydrogen (secondary N) is 2. The number of oxime groups is 1. The Hall–Kier alpha value is -4.86. The van der Waals surface area contributed by atoms with Crippen LogP contribution in [0.1, 0.15) is 72.1 Å². The zero-order valence-electron chi connectivity index (χ0n) is 33.3. The fourth-order valence-electron chi connectivity index (χ4n) is 6.37. The number of carbonyl (C=O) groups is 3. The molecule has 0 saturated carbocycles. The van der Waals surface area contributed by atoms with Gasteiger partial charge in [0.2, 0.25) is 21.8 Å². The molecule has 15 heteroatoms. The molecule has 0 fully saturated rings. The largest absolute Gasteiger partial charge is 0.465 e. The number of hydrogen-bond donors (Lipinski definition) is 5. The maximum absolute atomic E-state index is 14.3. The van der Waals surface area contributed by atoms with Crippen LogP contribution in [-0.2, 0) is 32.6 Å². The number of aliphatic hydroxyl groups is 1. The Bertz CT molecular complexity index is 1910. The molecule has 1 unspecified atom stereocenters. The number of aliphatic hydroxyl groups excluding tert-OH is 1. The first-order valence-electron chi connectivity index (χ1n) is 18.4. The number of nitrogens with zero attached hydrogens (tertiary/aromatic N) is 3. The second kappa shape index (κ2) is 19.3. The molecule has 306 valence electrons. The molecule has 0 aliphatic carbocycles. The molecule has 0 aliphatic rings. The van der Waals surface area contributed by atoms with Gasteiger partial charge in [-0.3, -0.25) is 14.5 Å². The number of rotatable bonds is 17. The van der Waals surface area contributed by atoms with Crippen molar-refractivity contribution < 1.29 is 42.6 Å². The summed E-state index contributed by atoms with van der Waals surface area (Å²) in [5.41, 5.74) is -0.349. The number of halogens is 1. The zero-order chi connectivity index (χ0) is 42.0. The van der Waals surface area contributed by atoms with Crippen LogP contribution in [0, 0.1) is 22.6 Å². The molecule has 3 rings (SSSR count). The van der Waals surface area contributed by atoms with Gasteiger partial charge in [-0.05, 0) is 64.1 Å². The molecule has 0 spiro atoms. The van der Waals surface area contributed by atoms with Gasteiger partial charge >= 0.3 is 6.09 Å². The van der Waals surface area contributed by atoms with E-state index in [-0.39, 0.29) is 36.9 Å². The Labute approximate surface area is 329 Å². The maximum Gasteiger partial charge on any atom is 0.408 e. The van der Waals surface area contributed by atoms with Crippen molar-refractivity contribution in [2.45, 2.75) is 97.5 Å². The molecule has 3 aromatic rings. The average molecular weight is 798 g/mol. The van der Waals surface area contributed by atoms with Gasteiger partial charge in [-0.25, -0.2) is 17.6 Å². The van der Waals surface area contributed by atoms with Crippen LogP contribution in [0.4, 0.5) is 9.18 Å². The minimum Gasteiger partial charge on any atom is -0.465 e. The van der Waals surface area contributed by atoms with E-state index in [2.05, 4.69) is 15.8 Å². The third kappa shape index (κ3) is 12.8. The molecule has 0 saturated heterocycles. The molecule has 0 bridgehead atoms. The molecule has 3 amide bonds. The lowest BCUT2D eigenvalue weighted by Gasteiger charge is -2.40. The molecule has 0 heterocycles. The van der Waals surface area contributed by atoms with E-state index in [0.29, 0.717) is 11.1 Å². The van der Waals surface area contributed by atoms with Crippen LogP contribution >= 0.6 is 0 Å². The van der Waals surface area contributed by atoms with Crippen LogP contribution in [0.5, 0.6) is 0 Å². The van der Waals surface area contributed by atoms with Gasteiger partial charge in [0.15, 0.2) is 0 Å². The standard InChI is InChI=1S/C41H56FN5O8S/c1-27(2)24-46(56(54,55)32-19-17-29(18-20-32)23-43-53)26-34(48)33(22-28-13-10-9-11-14-28)44-37(49)35(40(3,4)5)45-38(50)36(41(6,7)8)47(39(51)52)25-30-15-12-16-31(42)21-30/h9-21,23,27,33-36,48,53H,22,24-26H2,1-8H3,(H,44,49)(H,45,50)(H,51,52)/t33-,34+,35+,36?/m0/s1. The maximum atomic E-state index is 14.3. The predicted octanol–water partition coefficient (Wildman–Crippen LogP) is 5.49. The van der Waals surface area contributed by atoms with Crippen molar-refractivity contribution in [3.05, 3.63) is 101 Å². The molecule has 0 aromatic heterocycles. The van der Waals surface area contributed by atoms with Crippen molar-refractivity contribution in [3.8, 4) is 0 Å². The van der Waals surface area contributed by atoms with E-state index in [0.717, 1.165) is 21.0 Å². The van der Waals surface area contributed by atoms with E-state index in [1.807, 2.05) is 32.0 Å². The van der Waals surface area contributed by atoms with Gasteiger partial charge in [-0.1, -0.05) is 115 Å². The number of hydrogen-bond acceptors (Lipinski definition) is 8. The van der Waals surface area contributed by atoms with Crippen LogP contribution in [0.2, 0.25) is 0 Å². The predicted molar refractivity (Wildman–Crippen MR) is 212 cm³/mol. The molecule has 56 heavy (non-hydrogen) atoms. The highest BCUT2D eigenvalue weighted by Crippen LogP contribution is 2.29. The second-order valence-electron chi connectivity index (χ2n) is 16.5. The molecule has 3 aromatic carbocycles. The first-order chi connectivity index (χ1) is 26.0. The fourth-order valence-corrected chi connectivity index (χ4v) is 7.99. The summed E-state index contributed by atoms with van der Waals surface area (Å²) in [6.45, 7) is 13.3. The Morgan fingerprint density at radius 1 is 0.839 bits per heavy atom. The van der Waals surface area contributed by atoms with Gasteiger partial charge in [0, 0.05) is 19.6 Å². The van der Waals surface area contributed by atoms with Crippen LogP contribution in [0.15, 0.2) is 88.9 Å². The first kappa shape index (κ1) is 45.5. The lowest BCUT2D eigenvalue weighted by atomic mass is 9.82. The lowest BCUT2D eigenvalue weighted by molar-refractivity contribution is -0.137. The molecular formula is C41H56FN5O8S. The van der Waals surface area contributed by atoms with E-state index < -0.39 is 68.8 Å². The summed E-state index contributed by atoms with van der Waals surface area (Å²) in [4.78, 5) is 42.0. The SMILES string of the molecule is CC(C)CN(C[C@@H](O)[C@H](Cc1ccccc1)NC(=O)[C@@H](NC(=O)C(N(Cc1cccc(F)c1)C(=O)O)C(C)(C)C)C(C)(C)C)S(=O)(=O)c1ccc(C=NO)cc1. The highest BCUT2D eigenvalue weighted by molar-refractivity contribution is 7.89. The summed E-state index contributed by atoms with van der Waals surface area (Å²) < 4.78 is 43.1. The Morgan fingerprint density at radius 2 is 1.45 bits per heavy atom. The first-order valence-corrected chi connectivity index (χ1v) is 19.8. The van der Waals surface area contributed by atoms with E-state index in [1.165, 1.54) is 42.5 Å². The van der Waals surface area contributed by atoms with E-state index in [9.17, 15) is 37.4 Å². The number of carbonyl (C=O) groups excluding carboxylic acids is 2. The van der Waals surface area contributed by atoms with Crippen molar-refractivity contribution in [2.24, 2.45) is 21.9 Å². The topological polar surface area (TPSA) is 189 Å². The average Bonchev–Trinajstić information content (AvgIpc) is 3.09. The van der Waals surface area contributed by atoms with Gasteiger partial charge < -0.3 is 26.1 Å². The normalized spacial score (nSPS) is 14.6. The number of carboxylic acid groups (broad SMARTS) is 1. The van der Waals surface area contributed by atoms with Gasteiger partial charge in [0.05, 0.1) is 23.3 Å². The van der Waals surface area contributed by atoms with Crippen molar-refractivity contribution in [3.63, 3.8) is 0 Å². The quantitative estimate of drug-likeness (QED) is 0.0673. The van der Waals surface area contributed by atoms with Gasteiger partial charge in [0.25, 0.3) is 0 Å². The smallest absolute Gasteiger partial charge is 0.408 e. The number of amides is 3. The van der Waals surface area contributed by atoms with Crippen LogP contribution in [0.25, 0.3) is 0 Å². The molecule has 0 radical (unpaired) electrons. The molecule has 4 atom stereocenters. The summed E-state index contributed by atoms with van der Waals surface area (Å²) in [7, 11) is -4.15. The second-order valence-corrected chi connectivity index (χ2v) is 18.5. The number of benzene rings is 3. The lowest BCUT2D eigenvalue weighted by Crippen LogP contribution is -2.63. The van der Waals surface area contributed by atoms with Crippen LogP contribution < -0.4 is 10.6 Å². The Balaban J connectivity index is 1.98. The molecule has 13 nitrogen and oxygen atoms in total.